The maximum Gasteiger partial charge on any atom is 0.164 e. The Morgan fingerprint density at radius 3 is 1.35 bits per heavy atom. The molecule has 7 aromatic carbocycles. The molecule has 2 heterocycles. The summed E-state index contributed by atoms with van der Waals surface area (Å²) in [5, 5.41) is 0. The molecule has 1 aliphatic rings. The van der Waals surface area contributed by atoms with Crippen LogP contribution in [-0.4, -0.2) is 15.0 Å². The van der Waals surface area contributed by atoms with Crippen LogP contribution in [0.3, 0.4) is 0 Å². The van der Waals surface area contributed by atoms with Gasteiger partial charge in [0.05, 0.1) is 0 Å². The van der Waals surface area contributed by atoms with Gasteiger partial charge in [-0.25, -0.2) is 15.0 Å². The van der Waals surface area contributed by atoms with E-state index in [1.807, 2.05) is 60.7 Å². The quantitative estimate of drug-likeness (QED) is 0.190. The van der Waals surface area contributed by atoms with Gasteiger partial charge in [0.2, 0.25) is 0 Å². The van der Waals surface area contributed by atoms with Crippen LogP contribution < -0.4 is 4.74 Å². The molecule has 0 fully saturated rings. The molecular weight excluding hydrogens is 623 g/mol. The number of hydrogen-bond acceptors (Lipinski definition) is 4. The van der Waals surface area contributed by atoms with Gasteiger partial charge in [0.15, 0.2) is 17.5 Å². The topological polar surface area (TPSA) is 47.9 Å². The molecule has 240 valence electrons. The molecule has 0 radical (unpaired) electrons. The Hall–Kier alpha value is -6.91. The number of para-hydroxylation sites is 2. The Bertz CT molecular complexity index is 2540. The molecule has 0 atom stereocenters. The minimum absolute atomic E-state index is 0.598. The van der Waals surface area contributed by atoms with Crippen molar-refractivity contribution in [2.45, 2.75) is 0 Å². The predicted octanol–water partition coefficient (Wildman–Crippen LogP) is 12.1. The lowest BCUT2D eigenvalue weighted by Gasteiger charge is -2.16. The summed E-state index contributed by atoms with van der Waals surface area (Å²) in [4.78, 5) is 15.1. The van der Waals surface area contributed by atoms with Gasteiger partial charge in [0.25, 0.3) is 0 Å². The normalized spacial score (nSPS) is 11.6. The highest BCUT2D eigenvalue weighted by Crippen LogP contribution is 2.42. The van der Waals surface area contributed by atoms with E-state index < -0.39 is 0 Å². The van der Waals surface area contributed by atoms with Gasteiger partial charge in [-0.3, -0.25) is 0 Å². The highest BCUT2D eigenvalue weighted by molar-refractivity contribution is 5.90. The van der Waals surface area contributed by atoms with Gasteiger partial charge < -0.3 is 4.74 Å². The maximum atomic E-state index is 6.76. The molecule has 0 amide bonds. The summed E-state index contributed by atoms with van der Waals surface area (Å²) in [5.41, 5.74) is 11.4. The molecule has 0 spiro atoms. The van der Waals surface area contributed by atoms with Crippen LogP contribution in [0.15, 0.2) is 176 Å². The summed E-state index contributed by atoms with van der Waals surface area (Å²) in [7, 11) is 0. The van der Waals surface area contributed by atoms with Gasteiger partial charge in [-0.15, -0.1) is 0 Å². The first-order chi connectivity index (χ1) is 25.3. The standard InChI is InChI=1S/C47H31N3O/c1-3-13-32(14-4-1)33-23-28-37(29-24-33)46-48-45(36-16-5-2-6-17-36)49-47(50-46)38-30-27-35-26-25-34-15-7-8-18-39(34)40-19-9-11-21-43(40)51-44-22-12-10-20-41(44)42(35)31-38/h1-31H. The fraction of sp³-hybridized carbons (Fsp3) is 0. The van der Waals surface area contributed by atoms with Gasteiger partial charge in [0.1, 0.15) is 11.5 Å². The Morgan fingerprint density at radius 2 is 0.706 bits per heavy atom. The molecular formula is C47H31N3O. The van der Waals surface area contributed by atoms with Crippen LogP contribution in [0.5, 0.6) is 11.5 Å². The van der Waals surface area contributed by atoms with Crippen molar-refractivity contribution in [1.82, 2.24) is 15.0 Å². The third-order valence-corrected chi connectivity index (χ3v) is 9.21. The zero-order chi connectivity index (χ0) is 34.0. The molecule has 0 aliphatic carbocycles. The van der Waals surface area contributed by atoms with E-state index >= 15 is 0 Å². The molecule has 0 saturated carbocycles. The van der Waals surface area contributed by atoms with Gasteiger partial charge >= 0.3 is 0 Å². The van der Waals surface area contributed by atoms with Crippen molar-refractivity contribution in [3.05, 3.63) is 187 Å². The van der Waals surface area contributed by atoms with Gasteiger partial charge in [-0.05, 0) is 51.6 Å². The van der Waals surface area contributed by atoms with E-state index in [1.165, 1.54) is 5.56 Å². The van der Waals surface area contributed by atoms with E-state index in [9.17, 15) is 0 Å². The Kier molecular flexibility index (Phi) is 7.80. The lowest BCUT2D eigenvalue weighted by molar-refractivity contribution is 0.486. The van der Waals surface area contributed by atoms with Crippen molar-refractivity contribution < 1.29 is 4.74 Å². The van der Waals surface area contributed by atoms with Gasteiger partial charge in [-0.2, -0.15) is 0 Å². The second-order valence-corrected chi connectivity index (χ2v) is 12.4. The van der Waals surface area contributed by atoms with Crippen LogP contribution in [-0.2, 0) is 0 Å². The van der Waals surface area contributed by atoms with E-state index in [4.69, 9.17) is 19.7 Å². The van der Waals surface area contributed by atoms with Crippen molar-refractivity contribution in [2.75, 3.05) is 0 Å². The van der Waals surface area contributed by atoms with Crippen molar-refractivity contribution in [2.24, 2.45) is 0 Å². The zero-order valence-corrected chi connectivity index (χ0v) is 27.6. The van der Waals surface area contributed by atoms with E-state index in [2.05, 4.69) is 127 Å². The first-order valence-electron chi connectivity index (χ1n) is 17.0. The molecule has 9 rings (SSSR count). The van der Waals surface area contributed by atoms with E-state index in [1.54, 1.807) is 0 Å². The first-order valence-corrected chi connectivity index (χ1v) is 17.0. The van der Waals surface area contributed by atoms with Crippen LogP contribution >= 0.6 is 0 Å². The largest absolute Gasteiger partial charge is 0.456 e. The summed E-state index contributed by atoms with van der Waals surface area (Å²) in [6.07, 6.45) is 4.37. The number of rotatable bonds is 4. The summed E-state index contributed by atoms with van der Waals surface area (Å²) in [5.74, 6) is 3.42. The van der Waals surface area contributed by atoms with Crippen molar-refractivity contribution in [1.29, 1.82) is 0 Å². The van der Waals surface area contributed by atoms with Crippen LogP contribution in [0.4, 0.5) is 0 Å². The fourth-order valence-electron chi connectivity index (χ4n) is 6.61. The molecule has 0 bridgehead atoms. The molecule has 8 aromatic rings. The van der Waals surface area contributed by atoms with Crippen LogP contribution in [0.25, 0.3) is 79.7 Å². The van der Waals surface area contributed by atoms with E-state index in [-0.39, 0.29) is 0 Å². The van der Waals surface area contributed by atoms with Crippen molar-refractivity contribution in [3.63, 3.8) is 0 Å². The molecule has 1 aliphatic heterocycles. The van der Waals surface area contributed by atoms with Crippen molar-refractivity contribution >= 4 is 12.2 Å². The zero-order valence-electron chi connectivity index (χ0n) is 27.6. The highest BCUT2D eigenvalue weighted by atomic mass is 16.5. The molecule has 0 saturated heterocycles. The third-order valence-electron chi connectivity index (χ3n) is 9.21. The van der Waals surface area contributed by atoms with Crippen LogP contribution in [0.1, 0.15) is 11.1 Å². The molecule has 4 heteroatoms. The van der Waals surface area contributed by atoms with Gasteiger partial charge in [-0.1, -0.05) is 170 Å². The first kappa shape index (κ1) is 30.2. The number of hydrogen-bond donors (Lipinski definition) is 0. The minimum atomic E-state index is 0.598. The lowest BCUT2D eigenvalue weighted by atomic mass is 9.94. The fourth-order valence-corrected chi connectivity index (χ4v) is 6.61. The average molecular weight is 654 g/mol. The molecule has 4 nitrogen and oxygen atoms in total. The lowest BCUT2D eigenvalue weighted by Crippen LogP contribution is -2.00. The summed E-state index contributed by atoms with van der Waals surface area (Å²) >= 11 is 0. The molecule has 0 N–H and O–H groups in total. The van der Waals surface area contributed by atoms with E-state index in [0.29, 0.717) is 17.5 Å². The number of nitrogens with zero attached hydrogens (tertiary/aromatic N) is 3. The molecule has 51 heavy (non-hydrogen) atoms. The van der Waals surface area contributed by atoms with Crippen LogP contribution in [0, 0.1) is 0 Å². The number of aromatic nitrogens is 3. The monoisotopic (exact) mass is 653 g/mol. The number of ether oxygens (including phenoxy) is 1. The second-order valence-electron chi connectivity index (χ2n) is 12.4. The van der Waals surface area contributed by atoms with Crippen molar-refractivity contribution in [3.8, 4) is 79.0 Å². The Morgan fingerprint density at radius 1 is 0.294 bits per heavy atom. The molecule has 0 unspecified atom stereocenters. The Balaban J connectivity index is 1.21. The smallest absolute Gasteiger partial charge is 0.164 e. The predicted molar refractivity (Wildman–Crippen MR) is 208 cm³/mol. The summed E-state index contributed by atoms with van der Waals surface area (Å²) in [6.45, 7) is 0. The summed E-state index contributed by atoms with van der Waals surface area (Å²) < 4.78 is 6.76. The maximum absolute atomic E-state index is 6.76. The van der Waals surface area contributed by atoms with E-state index in [0.717, 1.165) is 67.1 Å². The number of benzene rings is 7. The molecule has 1 aromatic heterocycles. The third kappa shape index (κ3) is 6.00. The van der Waals surface area contributed by atoms with Gasteiger partial charge in [0, 0.05) is 27.8 Å². The summed E-state index contributed by atoms with van der Waals surface area (Å²) in [6, 6.07) is 60.1. The van der Waals surface area contributed by atoms with Crippen LogP contribution in [0.2, 0.25) is 0 Å². The highest BCUT2D eigenvalue weighted by Gasteiger charge is 2.18. The Labute approximate surface area is 297 Å². The number of fused-ring (bicyclic) bond motifs is 6. The second kappa shape index (κ2) is 13.2. The average Bonchev–Trinajstić information content (AvgIpc) is 3.23. The SMILES string of the molecule is C1=Cc2ccc(-c3nc(-c4ccccc4)nc(-c4ccc(-c5ccccc5)cc4)n3)cc2-c2ccccc2Oc2ccccc2-c2ccccc21. The minimum Gasteiger partial charge on any atom is -0.456 e.